The zero-order valence-electron chi connectivity index (χ0n) is 13.8. The maximum atomic E-state index is 12.7. The summed E-state index contributed by atoms with van der Waals surface area (Å²) in [5.74, 6) is 1.66. The predicted octanol–water partition coefficient (Wildman–Crippen LogP) is 4.03. The largest absolute Gasteiger partial charge is 0.440 e. The van der Waals surface area contributed by atoms with E-state index in [1.807, 2.05) is 17.0 Å². The highest BCUT2D eigenvalue weighted by atomic mass is 16.3. The van der Waals surface area contributed by atoms with Gasteiger partial charge in [-0.25, -0.2) is 4.98 Å². The minimum absolute atomic E-state index is 0.246. The summed E-state index contributed by atoms with van der Waals surface area (Å²) in [6.07, 6.45) is 6.81. The Morgan fingerprint density at radius 3 is 2.87 bits per heavy atom. The Bertz CT molecular complexity index is 715. The number of aromatic nitrogens is 1. The summed E-state index contributed by atoms with van der Waals surface area (Å²) >= 11 is 0. The van der Waals surface area contributed by atoms with E-state index in [-0.39, 0.29) is 11.8 Å². The molecule has 2 aromatic rings. The zero-order valence-corrected chi connectivity index (χ0v) is 13.8. The van der Waals surface area contributed by atoms with Gasteiger partial charge in [0, 0.05) is 19.0 Å². The molecule has 1 saturated heterocycles. The fourth-order valence-electron chi connectivity index (χ4n) is 4.00. The molecule has 1 aromatic heterocycles. The first kappa shape index (κ1) is 14.7. The quantitative estimate of drug-likeness (QED) is 0.841. The molecule has 23 heavy (non-hydrogen) atoms. The zero-order chi connectivity index (χ0) is 15.8. The van der Waals surface area contributed by atoms with Crippen LogP contribution in [0.15, 0.2) is 22.6 Å². The molecule has 0 bridgehead atoms. The van der Waals surface area contributed by atoms with Crippen LogP contribution < -0.4 is 0 Å². The van der Waals surface area contributed by atoms with E-state index in [0.29, 0.717) is 5.91 Å². The lowest BCUT2D eigenvalue weighted by Gasteiger charge is -2.26. The third kappa shape index (κ3) is 2.87. The number of carbonyl (C=O) groups excluding carboxylic acids is 1. The van der Waals surface area contributed by atoms with Crippen molar-refractivity contribution in [3.63, 3.8) is 0 Å². The summed E-state index contributed by atoms with van der Waals surface area (Å²) in [4.78, 5) is 19.4. The molecule has 1 aliphatic heterocycles. The second-order valence-electron chi connectivity index (χ2n) is 7.13. The summed E-state index contributed by atoms with van der Waals surface area (Å²) in [7, 11) is 0. The highest BCUT2D eigenvalue weighted by Crippen LogP contribution is 2.32. The van der Waals surface area contributed by atoms with Crippen molar-refractivity contribution in [2.45, 2.75) is 51.4 Å². The molecular weight excluding hydrogens is 288 g/mol. The summed E-state index contributed by atoms with van der Waals surface area (Å²) in [6, 6.07) is 6.09. The molecule has 1 amide bonds. The van der Waals surface area contributed by atoms with Crippen molar-refractivity contribution < 1.29 is 9.21 Å². The van der Waals surface area contributed by atoms with Crippen molar-refractivity contribution in [1.29, 1.82) is 0 Å². The average Bonchev–Trinajstić information content (AvgIpc) is 3.21. The topological polar surface area (TPSA) is 46.3 Å². The fourth-order valence-corrected chi connectivity index (χ4v) is 4.00. The predicted molar refractivity (Wildman–Crippen MR) is 89.3 cm³/mol. The third-order valence-corrected chi connectivity index (χ3v) is 5.36. The van der Waals surface area contributed by atoms with Gasteiger partial charge in [0.2, 0.25) is 5.91 Å². The second-order valence-corrected chi connectivity index (χ2v) is 7.13. The molecule has 1 atom stereocenters. The Morgan fingerprint density at radius 1 is 1.22 bits per heavy atom. The Labute approximate surface area is 136 Å². The van der Waals surface area contributed by atoms with Gasteiger partial charge in [0.1, 0.15) is 5.52 Å². The third-order valence-electron chi connectivity index (χ3n) is 5.36. The molecule has 4 heteroatoms. The van der Waals surface area contributed by atoms with Gasteiger partial charge in [-0.3, -0.25) is 4.79 Å². The first-order chi connectivity index (χ1) is 11.2. The maximum Gasteiger partial charge on any atom is 0.225 e. The van der Waals surface area contributed by atoms with E-state index >= 15 is 0 Å². The number of likely N-dealkylation sites (tertiary alicyclic amines) is 1. The van der Waals surface area contributed by atoms with Gasteiger partial charge in [-0.05, 0) is 43.9 Å². The van der Waals surface area contributed by atoms with Gasteiger partial charge in [0.05, 0.1) is 5.92 Å². The number of hydrogen-bond acceptors (Lipinski definition) is 3. The second kappa shape index (κ2) is 5.99. The Balaban J connectivity index is 1.47. The van der Waals surface area contributed by atoms with Crippen LogP contribution in [-0.2, 0) is 4.79 Å². The van der Waals surface area contributed by atoms with E-state index in [1.54, 1.807) is 0 Å². The fraction of sp³-hybridized carbons (Fsp3) is 0.579. The van der Waals surface area contributed by atoms with Crippen LogP contribution in [0.2, 0.25) is 0 Å². The summed E-state index contributed by atoms with van der Waals surface area (Å²) in [6.45, 7) is 3.67. The Hall–Kier alpha value is -1.84. The van der Waals surface area contributed by atoms with E-state index in [9.17, 15) is 4.79 Å². The Morgan fingerprint density at radius 2 is 2.04 bits per heavy atom. The molecule has 1 aromatic carbocycles. The van der Waals surface area contributed by atoms with Gasteiger partial charge in [0.25, 0.3) is 0 Å². The summed E-state index contributed by atoms with van der Waals surface area (Å²) < 4.78 is 5.93. The van der Waals surface area contributed by atoms with Crippen molar-refractivity contribution in [2.75, 3.05) is 13.1 Å². The van der Waals surface area contributed by atoms with Crippen LogP contribution in [0.25, 0.3) is 11.1 Å². The monoisotopic (exact) mass is 312 g/mol. The highest BCUT2D eigenvalue weighted by molar-refractivity contribution is 5.79. The molecule has 0 N–H and O–H groups in total. The van der Waals surface area contributed by atoms with Crippen molar-refractivity contribution in [1.82, 2.24) is 9.88 Å². The van der Waals surface area contributed by atoms with Crippen molar-refractivity contribution in [3.8, 4) is 0 Å². The molecule has 0 radical (unpaired) electrons. The first-order valence-corrected chi connectivity index (χ1v) is 8.86. The first-order valence-electron chi connectivity index (χ1n) is 8.86. The molecule has 4 nitrogen and oxygen atoms in total. The number of hydrogen-bond donors (Lipinski definition) is 0. The standard InChI is InChI=1S/C19H24N2O2/c1-13-7-8-17-16(11-13)20-18(23-17)15-9-10-21(12-15)19(22)14-5-3-2-4-6-14/h7-8,11,14-15H,2-6,9-10,12H2,1H3. The number of aryl methyl sites for hydroxylation is 1. The van der Waals surface area contributed by atoms with Crippen LogP contribution >= 0.6 is 0 Å². The summed E-state index contributed by atoms with van der Waals surface area (Å²) in [5, 5.41) is 0. The number of amides is 1. The lowest BCUT2D eigenvalue weighted by molar-refractivity contribution is -0.135. The van der Waals surface area contributed by atoms with Crippen LogP contribution in [-0.4, -0.2) is 28.9 Å². The number of oxazole rings is 1. The van der Waals surface area contributed by atoms with Crippen LogP contribution in [0.3, 0.4) is 0 Å². The minimum atomic E-state index is 0.246. The Kier molecular flexibility index (Phi) is 3.83. The van der Waals surface area contributed by atoms with E-state index in [1.165, 1.54) is 24.8 Å². The lowest BCUT2D eigenvalue weighted by atomic mass is 9.88. The highest BCUT2D eigenvalue weighted by Gasteiger charge is 2.34. The molecule has 122 valence electrons. The number of fused-ring (bicyclic) bond motifs is 1. The normalized spacial score (nSPS) is 22.8. The molecule has 1 aliphatic carbocycles. The van der Waals surface area contributed by atoms with E-state index < -0.39 is 0 Å². The van der Waals surface area contributed by atoms with Crippen molar-refractivity contribution in [3.05, 3.63) is 29.7 Å². The molecule has 4 rings (SSSR count). The van der Waals surface area contributed by atoms with Crippen LogP contribution in [0.4, 0.5) is 0 Å². The van der Waals surface area contributed by atoms with Crippen molar-refractivity contribution >= 4 is 17.0 Å². The van der Waals surface area contributed by atoms with Crippen LogP contribution in [0.1, 0.15) is 55.9 Å². The van der Waals surface area contributed by atoms with Gasteiger partial charge in [-0.1, -0.05) is 25.3 Å². The van der Waals surface area contributed by atoms with Gasteiger partial charge in [-0.15, -0.1) is 0 Å². The van der Waals surface area contributed by atoms with Gasteiger partial charge in [0.15, 0.2) is 11.5 Å². The molecule has 2 heterocycles. The number of rotatable bonds is 2. The molecule has 2 aliphatic rings. The van der Waals surface area contributed by atoms with Gasteiger partial charge in [-0.2, -0.15) is 0 Å². The maximum absolute atomic E-state index is 12.7. The van der Waals surface area contributed by atoms with Crippen LogP contribution in [0, 0.1) is 12.8 Å². The smallest absolute Gasteiger partial charge is 0.225 e. The molecule has 2 fully saturated rings. The van der Waals surface area contributed by atoms with Gasteiger partial charge < -0.3 is 9.32 Å². The van der Waals surface area contributed by atoms with E-state index in [0.717, 1.165) is 49.3 Å². The van der Waals surface area contributed by atoms with Crippen molar-refractivity contribution in [2.24, 2.45) is 5.92 Å². The number of nitrogens with zero attached hydrogens (tertiary/aromatic N) is 2. The average molecular weight is 312 g/mol. The molecule has 1 unspecified atom stereocenters. The lowest BCUT2D eigenvalue weighted by Crippen LogP contribution is -2.35. The van der Waals surface area contributed by atoms with Crippen LogP contribution in [0.5, 0.6) is 0 Å². The SMILES string of the molecule is Cc1ccc2oc(C3CCN(C(=O)C4CCCCC4)C3)nc2c1. The van der Waals surface area contributed by atoms with E-state index in [2.05, 4.69) is 18.0 Å². The van der Waals surface area contributed by atoms with Gasteiger partial charge >= 0.3 is 0 Å². The molecular formula is C19H24N2O2. The van der Waals surface area contributed by atoms with E-state index in [4.69, 9.17) is 4.42 Å². The number of carbonyl (C=O) groups is 1. The molecule has 1 saturated carbocycles. The molecule has 0 spiro atoms. The summed E-state index contributed by atoms with van der Waals surface area (Å²) in [5.41, 5.74) is 2.97. The minimum Gasteiger partial charge on any atom is -0.440 e. The number of benzene rings is 1.